The number of aryl methyl sites for hydroxylation is 1. The SMILES string of the molecule is COc1ccncc1-c1cc(C2=CCCN(C(=O)CCn3ccnn3)C2)c(F)c2[nH]c(C(=O)N3CCN(c4nccnc4OC)CC3)cc12. The number of aromatic amines is 1. The van der Waals surface area contributed by atoms with Gasteiger partial charge in [0.2, 0.25) is 5.91 Å². The Bertz CT molecular complexity index is 2020. The third kappa shape index (κ3) is 6.26. The number of nitrogens with one attached hydrogen (secondary N) is 1. The number of nitrogens with zero attached hydrogens (tertiary/aromatic N) is 9. The van der Waals surface area contributed by atoms with E-state index in [9.17, 15) is 9.59 Å². The van der Waals surface area contributed by atoms with Crippen LogP contribution in [0.3, 0.4) is 0 Å². The summed E-state index contributed by atoms with van der Waals surface area (Å²) in [6.45, 7) is 3.10. The third-order valence-corrected chi connectivity index (χ3v) is 8.96. The summed E-state index contributed by atoms with van der Waals surface area (Å²) < 4.78 is 29.3. The van der Waals surface area contributed by atoms with Crippen molar-refractivity contribution in [2.45, 2.75) is 19.4 Å². The number of carbonyl (C=O) groups is 2. The number of hydrogen-bond donors (Lipinski definition) is 1. The summed E-state index contributed by atoms with van der Waals surface area (Å²) in [6.07, 6.45) is 12.5. The number of piperazine rings is 1. The highest BCUT2D eigenvalue weighted by atomic mass is 19.1. The molecule has 1 N–H and O–H groups in total. The first-order chi connectivity index (χ1) is 23.9. The van der Waals surface area contributed by atoms with Gasteiger partial charge in [-0.3, -0.25) is 19.3 Å². The number of anilines is 1. The lowest BCUT2D eigenvalue weighted by molar-refractivity contribution is -0.131. The van der Waals surface area contributed by atoms with E-state index >= 15 is 4.39 Å². The maximum atomic E-state index is 16.6. The molecule has 0 saturated carbocycles. The molecule has 252 valence electrons. The van der Waals surface area contributed by atoms with Gasteiger partial charge in [-0.2, -0.15) is 0 Å². The molecule has 5 aromatic rings. The average Bonchev–Trinajstić information content (AvgIpc) is 3.85. The highest BCUT2D eigenvalue weighted by molar-refractivity contribution is 6.05. The van der Waals surface area contributed by atoms with E-state index in [-0.39, 0.29) is 36.0 Å². The molecule has 0 bridgehead atoms. The fourth-order valence-electron chi connectivity index (χ4n) is 6.44. The Hall–Kier alpha value is -5.86. The quantitative estimate of drug-likeness (QED) is 0.248. The largest absolute Gasteiger partial charge is 0.496 e. The van der Waals surface area contributed by atoms with Gasteiger partial charge < -0.3 is 29.2 Å². The van der Waals surface area contributed by atoms with Crippen LogP contribution in [-0.2, 0) is 11.3 Å². The van der Waals surface area contributed by atoms with Crippen molar-refractivity contribution in [3.8, 4) is 22.8 Å². The second-order valence-electron chi connectivity index (χ2n) is 11.8. The topological polar surface area (TPSA) is 147 Å². The predicted octanol–water partition coefficient (Wildman–Crippen LogP) is 3.44. The van der Waals surface area contributed by atoms with E-state index in [4.69, 9.17) is 9.47 Å². The molecular formula is C34H35FN10O4. The number of amides is 2. The van der Waals surface area contributed by atoms with E-state index in [0.29, 0.717) is 90.8 Å². The number of aromatic nitrogens is 7. The minimum Gasteiger partial charge on any atom is -0.496 e. The van der Waals surface area contributed by atoms with Crippen LogP contribution in [0, 0.1) is 5.82 Å². The molecule has 1 aromatic carbocycles. The van der Waals surface area contributed by atoms with Crippen LogP contribution in [0.4, 0.5) is 10.2 Å². The van der Waals surface area contributed by atoms with Crippen LogP contribution in [0.25, 0.3) is 27.6 Å². The van der Waals surface area contributed by atoms with Gasteiger partial charge in [0, 0.05) is 93.2 Å². The molecule has 0 atom stereocenters. The van der Waals surface area contributed by atoms with Crippen molar-refractivity contribution < 1.29 is 23.5 Å². The fraction of sp³-hybridized carbons (Fsp3) is 0.324. The molecule has 6 heterocycles. The van der Waals surface area contributed by atoms with Gasteiger partial charge in [-0.1, -0.05) is 11.3 Å². The third-order valence-electron chi connectivity index (χ3n) is 8.96. The predicted molar refractivity (Wildman–Crippen MR) is 179 cm³/mol. The molecule has 4 aromatic heterocycles. The van der Waals surface area contributed by atoms with E-state index < -0.39 is 5.82 Å². The van der Waals surface area contributed by atoms with Crippen molar-refractivity contribution in [2.75, 3.05) is 58.4 Å². The number of hydrogen-bond acceptors (Lipinski definition) is 10. The van der Waals surface area contributed by atoms with E-state index in [2.05, 4.69) is 30.2 Å². The Kier molecular flexibility index (Phi) is 8.87. The van der Waals surface area contributed by atoms with E-state index in [0.717, 1.165) is 0 Å². The summed E-state index contributed by atoms with van der Waals surface area (Å²) in [5.74, 6) is 0.814. The van der Waals surface area contributed by atoms with Gasteiger partial charge >= 0.3 is 0 Å². The number of halogens is 1. The van der Waals surface area contributed by atoms with Crippen LogP contribution in [0.5, 0.6) is 11.6 Å². The summed E-state index contributed by atoms with van der Waals surface area (Å²) in [5.41, 5.74) is 2.79. The molecule has 2 aliphatic heterocycles. The van der Waals surface area contributed by atoms with Gasteiger partial charge in [-0.05, 0) is 35.8 Å². The van der Waals surface area contributed by atoms with Crippen molar-refractivity contribution in [3.05, 3.63) is 78.5 Å². The Morgan fingerprint density at radius 3 is 2.55 bits per heavy atom. The lowest BCUT2D eigenvalue weighted by Crippen LogP contribution is -2.49. The molecule has 0 spiro atoms. The van der Waals surface area contributed by atoms with Crippen LogP contribution >= 0.6 is 0 Å². The van der Waals surface area contributed by atoms with E-state index in [1.165, 1.54) is 0 Å². The van der Waals surface area contributed by atoms with Crippen LogP contribution < -0.4 is 14.4 Å². The van der Waals surface area contributed by atoms with Crippen molar-refractivity contribution in [3.63, 3.8) is 0 Å². The zero-order valence-corrected chi connectivity index (χ0v) is 27.2. The van der Waals surface area contributed by atoms with Gasteiger partial charge in [0.1, 0.15) is 11.4 Å². The Balaban J connectivity index is 1.19. The molecule has 14 nitrogen and oxygen atoms in total. The fourth-order valence-corrected chi connectivity index (χ4v) is 6.44. The van der Waals surface area contributed by atoms with Crippen molar-refractivity contribution in [1.82, 2.24) is 44.7 Å². The minimum atomic E-state index is -0.497. The molecule has 0 aliphatic carbocycles. The van der Waals surface area contributed by atoms with E-state index in [1.807, 2.05) is 11.0 Å². The highest BCUT2D eigenvalue weighted by Crippen LogP contribution is 2.40. The maximum absolute atomic E-state index is 16.6. The summed E-state index contributed by atoms with van der Waals surface area (Å²) in [4.78, 5) is 48.6. The second-order valence-corrected chi connectivity index (χ2v) is 11.8. The first-order valence-corrected chi connectivity index (χ1v) is 16.0. The van der Waals surface area contributed by atoms with Crippen molar-refractivity contribution in [2.24, 2.45) is 0 Å². The van der Waals surface area contributed by atoms with Crippen LogP contribution in [0.2, 0.25) is 0 Å². The lowest BCUT2D eigenvalue weighted by Gasteiger charge is -2.35. The number of ether oxygens (including phenoxy) is 2. The first kappa shape index (κ1) is 31.7. The van der Waals surface area contributed by atoms with Gasteiger partial charge in [-0.25, -0.2) is 14.4 Å². The number of fused-ring (bicyclic) bond motifs is 1. The number of carbonyl (C=O) groups excluding carboxylic acids is 2. The zero-order valence-electron chi connectivity index (χ0n) is 27.2. The van der Waals surface area contributed by atoms with Crippen LogP contribution in [0.1, 0.15) is 28.9 Å². The summed E-state index contributed by atoms with van der Waals surface area (Å²) in [7, 11) is 3.11. The standard InChI is InChI=1S/C34H35FN10O4/c1-48-28-5-7-36-20-26(28)24-18-23(22-4-3-11-44(21-22)29(46)6-12-45-13-10-39-41-45)30(35)31-25(24)19-27(40-31)34(47)43-16-14-42(15-17-43)32-33(49-2)38-9-8-37-32/h4-5,7-10,13,18-20,40H,3,6,11-12,14-17,21H2,1-2H3. The molecule has 2 amide bonds. The van der Waals surface area contributed by atoms with Gasteiger partial charge in [0.25, 0.3) is 11.8 Å². The Labute approximate surface area is 281 Å². The second kappa shape index (κ2) is 13.7. The molecule has 1 fully saturated rings. The molecule has 0 radical (unpaired) electrons. The summed E-state index contributed by atoms with van der Waals surface area (Å²) in [6, 6.07) is 5.20. The zero-order chi connectivity index (χ0) is 33.9. The first-order valence-electron chi connectivity index (χ1n) is 16.0. The molecule has 49 heavy (non-hydrogen) atoms. The van der Waals surface area contributed by atoms with Crippen LogP contribution in [-0.4, -0.2) is 110 Å². The smallest absolute Gasteiger partial charge is 0.270 e. The maximum Gasteiger partial charge on any atom is 0.270 e. The monoisotopic (exact) mass is 666 g/mol. The molecule has 0 unspecified atom stereocenters. The summed E-state index contributed by atoms with van der Waals surface area (Å²) in [5, 5.41) is 8.25. The molecular weight excluding hydrogens is 631 g/mol. The minimum absolute atomic E-state index is 0.0534. The number of rotatable bonds is 9. The highest BCUT2D eigenvalue weighted by Gasteiger charge is 2.29. The van der Waals surface area contributed by atoms with Gasteiger partial charge in [0.05, 0.1) is 32.5 Å². The normalized spacial score (nSPS) is 15.0. The van der Waals surface area contributed by atoms with E-state index in [1.54, 1.807) is 84.1 Å². The van der Waals surface area contributed by atoms with Gasteiger partial charge in [-0.15, -0.1) is 5.10 Å². The average molecular weight is 667 g/mol. The van der Waals surface area contributed by atoms with Gasteiger partial charge in [0.15, 0.2) is 11.6 Å². The Morgan fingerprint density at radius 2 is 1.78 bits per heavy atom. The number of methoxy groups -OCH3 is 2. The van der Waals surface area contributed by atoms with Crippen molar-refractivity contribution >= 4 is 34.1 Å². The lowest BCUT2D eigenvalue weighted by atomic mass is 9.93. The molecule has 1 saturated heterocycles. The Morgan fingerprint density at radius 1 is 0.939 bits per heavy atom. The molecule has 15 heteroatoms. The number of H-pyrrole nitrogens is 1. The number of pyridine rings is 1. The summed E-state index contributed by atoms with van der Waals surface area (Å²) >= 11 is 0. The number of benzene rings is 1. The van der Waals surface area contributed by atoms with Crippen LogP contribution in [0.15, 0.2) is 61.5 Å². The van der Waals surface area contributed by atoms with Crippen molar-refractivity contribution in [1.29, 1.82) is 0 Å². The molecule has 2 aliphatic rings. The molecule has 7 rings (SSSR count).